The number of H-pyrrole nitrogens is 1. The number of nitrogens with zero attached hydrogens (tertiary/aromatic N) is 3. The zero-order valence-corrected chi connectivity index (χ0v) is 11.5. The van der Waals surface area contributed by atoms with Gasteiger partial charge in [-0.2, -0.15) is 0 Å². The molecule has 1 aliphatic rings. The van der Waals surface area contributed by atoms with Gasteiger partial charge >= 0.3 is 0 Å². The molecule has 1 N–H and O–H groups in total. The molecule has 4 nitrogen and oxygen atoms in total. The molecule has 1 atom stereocenters. The van der Waals surface area contributed by atoms with Crippen molar-refractivity contribution in [1.29, 1.82) is 0 Å². The third-order valence-electron chi connectivity index (χ3n) is 3.80. The Hall–Kier alpha value is -1.97. The van der Waals surface area contributed by atoms with Crippen LogP contribution in [0.4, 0.5) is 0 Å². The lowest BCUT2D eigenvalue weighted by molar-refractivity contribution is 0.319. The van der Waals surface area contributed by atoms with E-state index in [-0.39, 0.29) is 0 Å². The summed E-state index contributed by atoms with van der Waals surface area (Å²) in [6.07, 6.45) is 12.6. The largest absolute Gasteiger partial charge is 0.377 e. The van der Waals surface area contributed by atoms with Crippen LogP contribution in [-0.4, -0.2) is 33.0 Å². The fourth-order valence-corrected chi connectivity index (χ4v) is 2.81. The van der Waals surface area contributed by atoms with Gasteiger partial charge in [0.05, 0.1) is 5.92 Å². The summed E-state index contributed by atoms with van der Waals surface area (Å²) < 4.78 is 2.08. The van der Waals surface area contributed by atoms with Crippen LogP contribution in [-0.2, 0) is 7.05 Å². The standard InChI is InChI=1S/C15H20N4/c1-18-9-5-12(11-18)10-14-13(4-3-8-19(14)2)15-16-6-7-17-15/h5-7,9-11,13H,3-4,8H2,1-2H3,(H,16,17). The molecule has 0 bridgehead atoms. The highest BCUT2D eigenvalue weighted by Crippen LogP contribution is 2.34. The van der Waals surface area contributed by atoms with Crippen LogP contribution in [0.3, 0.4) is 0 Å². The summed E-state index contributed by atoms with van der Waals surface area (Å²) in [7, 11) is 4.22. The predicted octanol–water partition coefficient (Wildman–Crippen LogP) is 2.60. The molecule has 1 unspecified atom stereocenters. The van der Waals surface area contributed by atoms with E-state index >= 15 is 0 Å². The fraction of sp³-hybridized carbons (Fsp3) is 0.400. The molecule has 1 fully saturated rings. The van der Waals surface area contributed by atoms with Crippen molar-refractivity contribution < 1.29 is 0 Å². The van der Waals surface area contributed by atoms with E-state index in [0.717, 1.165) is 18.8 Å². The minimum atomic E-state index is 0.383. The highest BCUT2D eigenvalue weighted by atomic mass is 15.1. The van der Waals surface area contributed by atoms with E-state index in [1.54, 1.807) is 0 Å². The van der Waals surface area contributed by atoms with Crippen molar-refractivity contribution in [2.45, 2.75) is 18.8 Å². The molecular weight excluding hydrogens is 236 g/mol. The SMILES string of the molecule is CN1CCCC(c2ncc[nH]2)C1=Cc1ccn(C)c1. The molecule has 1 aliphatic heterocycles. The van der Waals surface area contributed by atoms with Gasteiger partial charge in [0.15, 0.2) is 0 Å². The minimum Gasteiger partial charge on any atom is -0.377 e. The van der Waals surface area contributed by atoms with Crippen LogP contribution >= 0.6 is 0 Å². The molecule has 0 radical (unpaired) electrons. The third-order valence-corrected chi connectivity index (χ3v) is 3.80. The number of imidazole rings is 1. The number of aromatic nitrogens is 3. The fourth-order valence-electron chi connectivity index (χ4n) is 2.81. The Morgan fingerprint density at radius 3 is 3.00 bits per heavy atom. The van der Waals surface area contributed by atoms with Crippen molar-refractivity contribution in [3.8, 4) is 0 Å². The van der Waals surface area contributed by atoms with E-state index in [9.17, 15) is 0 Å². The van der Waals surface area contributed by atoms with Crippen molar-refractivity contribution in [1.82, 2.24) is 19.4 Å². The van der Waals surface area contributed by atoms with Crippen LogP contribution in [0.2, 0.25) is 0 Å². The summed E-state index contributed by atoms with van der Waals surface area (Å²) in [5.41, 5.74) is 2.61. The smallest absolute Gasteiger partial charge is 0.115 e. The van der Waals surface area contributed by atoms with E-state index in [1.165, 1.54) is 17.7 Å². The first-order chi connectivity index (χ1) is 9.24. The third kappa shape index (κ3) is 2.43. The first-order valence-electron chi connectivity index (χ1n) is 6.78. The highest BCUT2D eigenvalue weighted by Gasteiger charge is 2.25. The zero-order chi connectivity index (χ0) is 13.2. The van der Waals surface area contributed by atoms with Gasteiger partial charge < -0.3 is 14.5 Å². The van der Waals surface area contributed by atoms with Crippen LogP contribution in [0.15, 0.2) is 36.6 Å². The maximum absolute atomic E-state index is 4.44. The lowest BCUT2D eigenvalue weighted by Gasteiger charge is -2.33. The molecule has 3 rings (SSSR count). The summed E-state index contributed by atoms with van der Waals surface area (Å²) in [4.78, 5) is 10.1. The summed E-state index contributed by atoms with van der Waals surface area (Å²) in [6, 6.07) is 2.15. The molecule has 4 heteroatoms. The van der Waals surface area contributed by atoms with Gasteiger partial charge in [-0.3, -0.25) is 0 Å². The van der Waals surface area contributed by atoms with Gasteiger partial charge in [0, 0.05) is 51.1 Å². The molecule has 0 aromatic carbocycles. The van der Waals surface area contributed by atoms with Gasteiger partial charge in [0.1, 0.15) is 5.82 Å². The summed E-state index contributed by atoms with van der Waals surface area (Å²) in [6.45, 7) is 1.12. The topological polar surface area (TPSA) is 36.9 Å². The lowest BCUT2D eigenvalue weighted by Crippen LogP contribution is -2.29. The van der Waals surface area contributed by atoms with Crippen LogP contribution in [0.25, 0.3) is 6.08 Å². The summed E-state index contributed by atoms with van der Waals surface area (Å²) in [5, 5.41) is 0. The Kier molecular flexibility index (Phi) is 3.15. The quantitative estimate of drug-likeness (QED) is 0.896. The van der Waals surface area contributed by atoms with E-state index in [2.05, 4.69) is 58.1 Å². The summed E-state index contributed by atoms with van der Waals surface area (Å²) >= 11 is 0. The molecule has 100 valence electrons. The number of likely N-dealkylation sites (N-methyl/N-ethyl adjacent to an activating group) is 1. The van der Waals surface area contributed by atoms with Crippen molar-refractivity contribution in [3.05, 3.63) is 47.9 Å². The van der Waals surface area contributed by atoms with Crippen molar-refractivity contribution >= 4 is 6.08 Å². The first kappa shape index (κ1) is 12.1. The number of nitrogens with one attached hydrogen (secondary N) is 1. The van der Waals surface area contributed by atoms with Gasteiger partial charge in [-0.25, -0.2) is 4.98 Å². The monoisotopic (exact) mass is 256 g/mol. The number of likely N-dealkylation sites (tertiary alicyclic amines) is 1. The van der Waals surface area contributed by atoms with E-state index in [1.807, 2.05) is 12.4 Å². The number of aromatic amines is 1. The molecule has 0 aliphatic carbocycles. The predicted molar refractivity (Wildman–Crippen MR) is 76.6 cm³/mol. The Morgan fingerprint density at radius 2 is 2.32 bits per heavy atom. The van der Waals surface area contributed by atoms with Gasteiger partial charge in [0.2, 0.25) is 0 Å². The molecule has 0 spiro atoms. The molecule has 2 aromatic rings. The van der Waals surface area contributed by atoms with Gasteiger partial charge in [-0.05, 0) is 30.5 Å². The second kappa shape index (κ2) is 4.96. The van der Waals surface area contributed by atoms with Crippen LogP contribution < -0.4 is 0 Å². The molecule has 19 heavy (non-hydrogen) atoms. The maximum Gasteiger partial charge on any atom is 0.115 e. The molecule has 3 heterocycles. The number of piperidine rings is 1. The van der Waals surface area contributed by atoms with Crippen LogP contribution in [0.5, 0.6) is 0 Å². The van der Waals surface area contributed by atoms with Crippen molar-refractivity contribution in [2.24, 2.45) is 7.05 Å². The molecular formula is C15H20N4. The Bertz CT molecular complexity index is 565. The maximum atomic E-state index is 4.44. The Balaban J connectivity index is 1.96. The van der Waals surface area contributed by atoms with Crippen LogP contribution in [0, 0.1) is 0 Å². The number of hydrogen-bond donors (Lipinski definition) is 1. The molecule has 0 saturated carbocycles. The van der Waals surface area contributed by atoms with Crippen LogP contribution in [0.1, 0.15) is 30.1 Å². The van der Waals surface area contributed by atoms with Crippen molar-refractivity contribution in [3.63, 3.8) is 0 Å². The van der Waals surface area contributed by atoms with Gasteiger partial charge in [-0.1, -0.05) is 0 Å². The van der Waals surface area contributed by atoms with E-state index < -0.39 is 0 Å². The second-order valence-corrected chi connectivity index (χ2v) is 5.27. The van der Waals surface area contributed by atoms with Gasteiger partial charge in [0.25, 0.3) is 0 Å². The summed E-state index contributed by atoms with van der Waals surface area (Å²) in [5.74, 6) is 1.46. The normalized spacial score (nSPS) is 22.1. The van der Waals surface area contributed by atoms with Crippen molar-refractivity contribution in [2.75, 3.05) is 13.6 Å². The molecule has 2 aromatic heterocycles. The first-order valence-corrected chi connectivity index (χ1v) is 6.78. The Morgan fingerprint density at radius 1 is 1.42 bits per heavy atom. The number of aryl methyl sites for hydroxylation is 1. The average molecular weight is 256 g/mol. The van der Waals surface area contributed by atoms with Gasteiger partial charge in [-0.15, -0.1) is 0 Å². The molecule has 1 saturated heterocycles. The number of hydrogen-bond acceptors (Lipinski definition) is 2. The lowest BCUT2D eigenvalue weighted by atomic mass is 9.92. The Labute approximate surface area is 113 Å². The average Bonchev–Trinajstić information content (AvgIpc) is 3.03. The number of rotatable bonds is 2. The minimum absolute atomic E-state index is 0.383. The highest BCUT2D eigenvalue weighted by molar-refractivity contribution is 5.54. The van der Waals surface area contributed by atoms with E-state index in [4.69, 9.17) is 0 Å². The van der Waals surface area contributed by atoms with E-state index in [0.29, 0.717) is 5.92 Å². The molecule has 0 amide bonds. The second-order valence-electron chi connectivity index (χ2n) is 5.27. The zero-order valence-electron chi connectivity index (χ0n) is 11.5. The number of allylic oxidation sites excluding steroid dienone is 1.